The Hall–Kier alpha value is -5.55. The van der Waals surface area contributed by atoms with Gasteiger partial charge in [0.2, 0.25) is 17.7 Å². The number of carbonyl (C=O) groups excluding carboxylic acids is 5. The number of fused-ring (bicyclic) bond motifs is 1. The first-order chi connectivity index (χ1) is 30.6. The number of likely N-dealkylation sites (N-methyl/N-ethyl adjacent to an activating group) is 1. The summed E-state index contributed by atoms with van der Waals surface area (Å²) in [5, 5.41) is 3.58. The molecule has 0 radical (unpaired) electrons. The van der Waals surface area contributed by atoms with E-state index in [1.165, 1.54) is 15.9 Å². The van der Waals surface area contributed by atoms with Crippen LogP contribution in [0.2, 0.25) is 0 Å². The number of hydrogen-bond acceptors (Lipinski definition) is 11. The average molecular weight is 914 g/mol. The minimum Gasteiger partial charge on any atom is -0.755 e. The second-order valence-corrected chi connectivity index (χ2v) is 20.6. The second kappa shape index (κ2) is 18.4. The quantitative estimate of drug-likeness (QED) is 0.156. The minimum absolute atomic E-state index is 0.0245. The first-order valence-electron chi connectivity index (χ1n) is 22.3. The molecule has 4 aliphatic rings. The maximum Gasteiger partial charge on any atom is 0.410 e. The summed E-state index contributed by atoms with van der Waals surface area (Å²) in [6.45, 7) is 15.5. The third-order valence-corrected chi connectivity index (χ3v) is 13.7. The molecule has 3 aromatic rings. The van der Waals surface area contributed by atoms with E-state index in [4.69, 9.17) is 19.2 Å². The SMILES string of the molecule is C=C[C@@H]1C[C@]1(NC(=O)[C@@H]1C[C@@H](Oc2cc(-c3ccccc3)nc3cc(OC)ccc23)CN1C(=O)[C@@H](CC(=O)N1CCC(N(C)C(=O)OC(C)(C)C)C1)C(C)(C)C)C(=O)N(C1CC1)S(=O)[O-]. The molecule has 2 saturated heterocycles. The van der Waals surface area contributed by atoms with Crippen molar-refractivity contribution >= 4 is 51.9 Å². The summed E-state index contributed by atoms with van der Waals surface area (Å²) in [5.41, 5.74) is -0.913. The normalized spacial score (nSPS) is 23.9. The Morgan fingerprint density at radius 3 is 2.32 bits per heavy atom. The number of likely N-dealkylation sites (tertiary alicyclic amines) is 2. The van der Waals surface area contributed by atoms with E-state index in [1.54, 1.807) is 52.0 Å². The molecule has 1 N–H and O–H groups in total. The van der Waals surface area contributed by atoms with Gasteiger partial charge in [-0.1, -0.05) is 57.2 Å². The monoisotopic (exact) mass is 913 g/mol. The fourth-order valence-corrected chi connectivity index (χ4v) is 9.68. The standard InChI is InChI=1S/C48H62N6O10S/c1-10-30-26-48(30,44(58)54(65(60)61)31-16-17-31)50-42(56)39-23-34(63-40-25-37(29-14-12-11-13-15-29)49-38-22-33(62-9)18-19-35(38)40)28-53(39)43(57)36(46(2,3)4)24-41(55)52-21-20-32(27-52)51(8)45(59)64-47(5,6)7/h10-15,18-19,22,25,30-32,34,36,39H,1,16-17,20-21,23-24,26-28H2,2-9H3,(H,50,56)(H,60,61)/p-1/t30-,32?,34-,36-,39+,48-/m1/s1. The highest BCUT2D eigenvalue weighted by atomic mass is 32.2. The molecule has 7 rings (SSSR count). The van der Waals surface area contributed by atoms with Crippen molar-refractivity contribution in [2.45, 2.75) is 115 Å². The molecule has 16 nitrogen and oxygen atoms in total. The van der Waals surface area contributed by atoms with Crippen LogP contribution in [0.5, 0.6) is 11.5 Å². The van der Waals surface area contributed by atoms with Crippen molar-refractivity contribution in [2.24, 2.45) is 17.3 Å². The maximum absolute atomic E-state index is 15.2. The summed E-state index contributed by atoms with van der Waals surface area (Å²) >= 11 is -2.86. The average Bonchev–Trinajstić information content (AvgIpc) is 4.11. The Bertz CT molecular complexity index is 2360. The predicted octanol–water partition coefficient (Wildman–Crippen LogP) is 5.62. The molecule has 7 atom stereocenters. The van der Waals surface area contributed by atoms with Gasteiger partial charge in [0.25, 0.3) is 5.91 Å². The molecule has 2 saturated carbocycles. The number of pyridine rings is 1. The number of methoxy groups -OCH3 is 1. The van der Waals surface area contributed by atoms with E-state index in [0.29, 0.717) is 53.9 Å². The van der Waals surface area contributed by atoms with Crippen molar-refractivity contribution in [3.63, 3.8) is 0 Å². The molecule has 3 heterocycles. The van der Waals surface area contributed by atoms with Crippen LogP contribution in [-0.2, 0) is 35.2 Å². The van der Waals surface area contributed by atoms with E-state index in [2.05, 4.69) is 11.9 Å². The lowest BCUT2D eigenvalue weighted by atomic mass is 9.77. The number of amides is 5. The van der Waals surface area contributed by atoms with Gasteiger partial charge in [-0.05, 0) is 64.0 Å². The second-order valence-electron chi connectivity index (χ2n) is 19.8. The highest BCUT2D eigenvalue weighted by molar-refractivity contribution is 7.77. The van der Waals surface area contributed by atoms with Crippen LogP contribution < -0.4 is 14.8 Å². The fourth-order valence-electron chi connectivity index (χ4n) is 8.93. The smallest absolute Gasteiger partial charge is 0.410 e. The summed E-state index contributed by atoms with van der Waals surface area (Å²) in [7, 11) is 3.22. The Kier molecular flexibility index (Phi) is 13.4. The van der Waals surface area contributed by atoms with Crippen molar-refractivity contribution < 1.29 is 46.9 Å². The number of benzene rings is 2. The Balaban J connectivity index is 1.18. The van der Waals surface area contributed by atoms with Gasteiger partial charge in [0.05, 0.1) is 48.1 Å². The summed E-state index contributed by atoms with van der Waals surface area (Å²) < 4.78 is 43.4. The van der Waals surface area contributed by atoms with Crippen molar-refractivity contribution in [3.8, 4) is 22.8 Å². The molecule has 2 aliphatic carbocycles. The lowest BCUT2D eigenvalue weighted by Gasteiger charge is -2.36. The molecule has 2 unspecified atom stereocenters. The fraction of sp³-hybridized carbons (Fsp3) is 0.542. The van der Waals surface area contributed by atoms with Crippen molar-refractivity contribution in [2.75, 3.05) is 33.8 Å². The molecule has 0 spiro atoms. The first kappa shape index (κ1) is 47.4. The van der Waals surface area contributed by atoms with Gasteiger partial charge in [-0.15, -0.1) is 6.58 Å². The van der Waals surface area contributed by atoms with Crippen molar-refractivity contribution in [1.82, 2.24) is 29.3 Å². The Labute approximate surface area is 383 Å². The molecule has 1 aromatic heterocycles. The molecule has 5 amide bonds. The van der Waals surface area contributed by atoms with Gasteiger partial charge in [0.1, 0.15) is 34.8 Å². The maximum atomic E-state index is 15.2. The number of nitrogens with zero attached hydrogens (tertiary/aromatic N) is 5. The summed E-state index contributed by atoms with van der Waals surface area (Å²) in [6.07, 6.45) is 1.92. The van der Waals surface area contributed by atoms with Crippen LogP contribution in [0.15, 0.2) is 67.3 Å². The lowest BCUT2D eigenvalue weighted by molar-refractivity contribution is -0.148. The van der Waals surface area contributed by atoms with Gasteiger partial charge in [-0.2, -0.15) is 0 Å². The van der Waals surface area contributed by atoms with E-state index >= 15 is 4.79 Å². The van der Waals surface area contributed by atoms with E-state index in [1.807, 2.05) is 63.2 Å². The van der Waals surface area contributed by atoms with Gasteiger partial charge in [0, 0.05) is 68.0 Å². The molecule has 65 heavy (non-hydrogen) atoms. The van der Waals surface area contributed by atoms with Crippen molar-refractivity contribution in [1.29, 1.82) is 0 Å². The summed E-state index contributed by atoms with van der Waals surface area (Å²) in [5.74, 6) is -2.44. The van der Waals surface area contributed by atoms with Crippen LogP contribution in [0.4, 0.5) is 4.79 Å². The summed E-state index contributed by atoms with van der Waals surface area (Å²) in [4.78, 5) is 80.5. The van der Waals surface area contributed by atoms with Crippen LogP contribution in [0.25, 0.3) is 22.2 Å². The zero-order valence-corrected chi connectivity index (χ0v) is 39.4. The molecule has 4 fully saturated rings. The molecule has 0 bridgehead atoms. The van der Waals surface area contributed by atoms with Crippen LogP contribution >= 0.6 is 0 Å². The highest BCUT2D eigenvalue weighted by Gasteiger charge is 2.63. The molecule has 2 aliphatic heterocycles. The topological polar surface area (TPSA) is 191 Å². The zero-order chi connectivity index (χ0) is 47.2. The third-order valence-electron chi connectivity index (χ3n) is 12.9. The van der Waals surface area contributed by atoms with Gasteiger partial charge in [-0.3, -0.25) is 27.7 Å². The highest BCUT2D eigenvalue weighted by Crippen LogP contribution is 2.48. The van der Waals surface area contributed by atoms with Gasteiger partial charge < -0.3 is 38.8 Å². The Morgan fingerprint density at radius 2 is 1.72 bits per heavy atom. The minimum atomic E-state index is -2.86. The largest absolute Gasteiger partial charge is 0.755 e. The molecular weight excluding hydrogens is 853 g/mol. The van der Waals surface area contributed by atoms with E-state index in [-0.39, 0.29) is 44.3 Å². The number of aromatic nitrogens is 1. The molecular formula is C48H61N6O10S-. The molecule has 350 valence electrons. The van der Waals surface area contributed by atoms with Crippen LogP contribution in [0, 0.1) is 17.3 Å². The van der Waals surface area contributed by atoms with Gasteiger partial charge >= 0.3 is 6.09 Å². The first-order valence-corrected chi connectivity index (χ1v) is 23.3. The zero-order valence-electron chi connectivity index (χ0n) is 38.5. The van der Waals surface area contributed by atoms with Crippen molar-refractivity contribution in [3.05, 3.63) is 67.3 Å². The lowest BCUT2D eigenvalue weighted by Crippen LogP contribution is -2.57. The predicted molar refractivity (Wildman–Crippen MR) is 243 cm³/mol. The number of nitrogens with one attached hydrogen (secondary N) is 1. The number of hydrogen-bond donors (Lipinski definition) is 1. The van der Waals surface area contributed by atoms with Crippen LogP contribution in [0.1, 0.15) is 80.1 Å². The van der Waals surface area contributed by atoms with Gasteiger partial charge in [-0.25, -0.2) is 9.78 Å². The van der Waals surface area contributed by atoms with E-state index < -0.39 is 81.7 Å². The number of ether oxygens (including phenoxy) is 3. The van der Waals surface area contributed by atoms with Gasteiger partial charge in [0.15, 0.2) is 0 Å². The third kappa shape index (κ3) is 10.3. The van der Waals surface area contributed by atoms with E-state index in [9.17, 15) is 27.9 Å². The number of carbonyl (C=O) groups is 5. The van der Waals surface area contributed by atoms with Crippen LogP contribution in [0.3, 0.4) is 0 Å². The van der Waals surface area contributed by atoms with Crippen LogP contribution in [-0.4, -0.2) is 132 Å². The summed E-state index contributed by atoms with van der Waals surface area (Å²) in [6, 6.07) is 14.9. The van der Waals surface area contributed by atoms with E-state index in [0.717, 1.165) is 9.87 Å². The molecule has 2 aromatic carbocycles. The Morgan fingerprint density at radius 1 is 1.02 bits per heavy atom. The number of rotatable bonds is 14. The molecule has 17 heteroatoms.